The Balaban J connectivity index is 1.91. The van der Waals surface area contributed by atoms with Crippen molar-refractivity contribution in [3.63, 3.8) is 0 Å². The molecule has 1 N–H and O–H groups in total. The van der Waals surface area contributed by atoms with Crippen molar-refractivity contribution in [3.05, 3.63) is 96.6 Å². The van der Waals surface area contributed by atoms with Crippen molar-refractivity contribution in [1.82, 2.24) is 0 Å². The van der Waals surface area contributed by atoms with Gasteiger partial charge in [0.25, 0.3) is 5.91 Å². The van der Waals surface area contributed by atoms with Crippen LogP contribution in [0.5, 0.6) is 5.75 Å². The Kier molecular flexibility index (Phi) is 7.93. The van der Waals surface area contributed by atoms with Crippen molar-refractivity contribution in [1.29, 1.82) is 5.26 Å². The van der Waals surface area contributed by atoms with E-state index in [1.165, 1.54) is 16.7 Å². The normalized spacial score (nSPS) is 11.1. The molecular weight excluding hydrogens is 523 g/mol. The Labute approximate surface area is 209 Å². The summed E-state index contributed by atoms with van der Waals surface area (Å²) >= 11 is 2.29. The smallest absolute Gasteiger partial charge is 0.266 e. The van der Waals surface area contributed by atoms with Gasteiger partial charge in [-0.25, -0.2) is 0 Å². The SMILES string of the molecule is COc1cc(/C=C(\C#N)C(=O)Nc2cccc(C)c2C)cc(I)c1Cc1cc(C)cc(C)c1. The number of methoxy groups -OCH3 is 1. The Hall–Kier alpha value is -3.11. The van der Waals surface area contributed by atoms with E-state index in [2.05, 4.69) is 60.0 Å². The fourth-order valence-electron chi connectivity index (χ4n) is 3.83. The maximum atomic E-state index is 12.8. The number of carbonyl (C=O) groups excluding carboxylic acids is 1. The minimum atomic E-state index is -0.431. The maximum Gasteiger partial charge on any atom is 0.266 e. The predicted molar refractivity (Wildman–Crippen MR) is 143 cm³/mol. The molecule has 0 atom stereocenters. The van der Waals surface area contributed by atoms with E-state index in [0.29, 0.717) is 5.69 Å². The molecule has 0 fully saturated rings. The molecule has 3 rings (SSSR count). The minimum Gasteiger partial charge on any atom is -0.496 e. The number of ether oxygens (including phenoxy) is 1. The molecule has 1 amide bonds. The van der Waals surface area contributed by atoms with Crippen LogP contribution in [0.4, 0.5) is 5.69 Å². The molecule has 0 spiro atoms. The van der Waals surface area contributed by atoms with Crippen LogP contribution in [0, 0.1) is 42.6 Å². The number of benzene rings is 3. The average molecular weight is 550 g/mol. The standard InChI is InChI=1S/C28H27IN2O2/c1-17-9-18(2)11-21(10-17)13-24-25(29)14-22(15-27(24)33-5)12-23(16-30)28(32)31-26-8-6-7-19(3)20(26)4/h6-12,14-15H,13H2,1-5H3,(H,31,32)/b23-12+. The lowest BCUT2D eigenvalue weighted by Crippen LogP contribution is -2.14. The molecule has 0 saturated heterocycles. The zero-order valence-electron chi connectivity index (χ0n) is 19.5. The number of nitrogens with zero attached hydrogens (tertiary/aromatic N) is 1. The number of hydrogen-bond donors (Lipinski definition) is 1. The lowest BCUT2D eigenvalue weighted by Gasteiger charge is -2.14. The molecule has 3 aromatic rings. The van der Waals surface area contributed by atoms with E-state index in [9.17, 15) is 10.1 Å². The molecule has 0 saturated carbocycles. The van der Waals surface area contributed by atoms with Gasteiger partial charge in [0, 0.05) is 21.2 Å². The van der Waals surface area contributed by atoms with Crippen molar-refractivity contribution < 1.29 is 9.53 Å². The van der Waals surface area contributed by atoms with Crippen molar-refractivity contribution in [2.75, 3.05) is 12.4 Å². The summed E-state index contributed by atoms with van der Waals surface area (Å²) in [4.78, 5) is 12.8. The fourth-order valence-corrected chi connectivity index (χ4v) is 4.65. The molecule has 0 aliphatic carbocycles. The largest absolute Gasteiger partial charge is 0.496 e. The molecule has 5 heteroatoms. The van der Waals surface area contributed by atoms with Crippen LogP contribution in [-0.4, -0.2) is 13.0 Å². The first-order chi connectivity index (χ1) is 15.7. The van der Waals surface area contributed by atoms with Gasteiger partial charge in [-0.05, 0) is 96.8 Å². The molecule has 0 aromatic heterocycles. The van der Waals surface area contributed by atoms with Gasteiger partial charge in [-0.1, -0.05) is 41.5 Å². The Morgan fingerprint density at radius 3 is 2.42 bits per heavy atom. The van der Waals surface area contributed by atoms with Crippen LogP contribution in [0.15, 0.2) is 54.1 Å². The van der Waals surface area contributed by atoms with Crippen LogP contribution in [-0.2, 0) is 11.2 Å². The summed E-state index contributed by atoms with van der Waals surface area (Å²) < 4.78 is 6.70. The van der Waals surface area contributed by atoms with E-state index in [0.717, 1.165) is 38.0 Å². The Morgan fingerprint density at radius 1 is 1.09 bits per heavy atom. The monoisotopic (exact) mass is 550 g/mol. The van der Waals surface area contributed by atoms with E-state index in [-0.39, 0.29) is 5.57 Å². The molecule has 0 radical (unpaired) electrons. The van der Waals surface area contributed by atoms with Crippen LogP contribution in [0.3, 0.4) is 0 Å². The van der Waals surface area contributed by atoms with Gasteiger partial charge in [-0.15, -0.1) is 0 Å². The lowest BCUT2D eigenvalue weighted by atomic mass is 9.98. The summed E-state index contributed by atoms with van der Waals surface area (Å²) in [5.41, 5.74) is 8.31. The van der Waals surface area contributed by atoms with Gasteiger partial charge in [-0.3, -0.25) is 4.79 Å². The lowest BCUT2D eigenvalue weighted by molar-refractivity contribution is -0.112. The summed E-state index contributed by atoms with van der Waals surface area (Å²) in [7, 11) is 1.64. The highest BCUT2D eigenvalue weighted by Gasteiger charge is 2.15. The number of halogens is 1. The first-order valence-corrected chi connectivity index (χ1v) is 11.7. The highest BCUT2D eigenvalue weighted by atomic mass is 127. The summed E-state index contributed by atoms with van der Waals surface area (Å²) in [5.74, 6) is 0.305. The van der Waals surface area contributed by atoms with Crippen LogP contribution in [0.2, 0.25) is 0 Å². The zero-order chi connectivity index (χ0) is 24.1. The molecule has 0 aliphatic heterocycles. The maximum absolute atomic E-state index is 12.8. The van der Waals surface area contributed by atoms with E-state index in [1.807, 2.05) is 50.2 Å². The van der Waals surface area contributed by atoms with Crippen LogP contribution in [0.25, 0.3) is 6.08 Å². The van der Waals surface area contributed by atoms with Crippen LogP contribution < -0.4 is 10.1 Å². The molecular formula is C28H27IN2O2. The Morgan fingerprint density at radius 2 is 1.79 bits per heavy atom. The first kappa shape index (κ1) is 24.5. The average Bonchev–Trinajstić information content (AvgIpc) is 2.76. The van der Waals surface area contributed by atoms with E-state index < -0.39 is 5.91 Å². The number of anilines is 1. The molecule has 33 heavy (non-hydrogen) atoms. The Bertz CT molecular complexity index is 1270. The van der Waals surface area contributed by atoms with Gasteiger partial charge in [-0.2, -0.15) is 5.26 Å². The summed E-state index contributed by atoms with van der Waals surface area (Å²) in [6.45, 7) is 8.13. The van der Waals surface area contributed by atoms with Gasteiger partial charge in [0.1, 0.15) is 17.4 Å². The minimum absolute atomic E-state index is 0.0378. The topological polar surface area (TPSA) is 62.1 Å². The summed E-state index contributed by atoms with van der Waals surface area (Å²) in [6.07, 6.45) is 2.35. The van der Waals surface area contributed by atoms with Gasteiger partial charge < -0.3 is 10.1 Å². The van der Waals surface area contributed by atoms with Crippen LogP contribution in [0.1, 0.15) is 38.9 Å². The molecule has 4 nitrogen and oxygen atoms in total. The number of carbonyl (C=O) groups is 1. The second-order valence-corrected chi connectivity index (χ2v) is 9.39. The fraction of sp³-hybridized carbons (Fsp3) is 0.214. The van der Waals surface area contributed by atoms with E-state index >= 15 is 0 Å². The highest BCUT2D eigenvalue weighted by Crippen LogP contribution is 2.30. The highest BCUT2D eigenvalue weighted by molar-refractivity contribution is 14.1. The molecule has 0 unspecified atom stereocenters. The predicted octanol–water partition coefficient (Wildman–Crippen LogP) is 6.67. The van der Waals surface area contributed by atoms with E-state index in [1.54, 1.807) is 13.2 Å². The molecule has 0 bridgehead atoms. The van der Waals surface area contributed by atoms with Crippen molar-refractivity contribution in [2.24, 2.45) is 0 Å². The van der Waals surface area contributed by atoms with Gasteiger partial charge in [0.15, 0.2) is 0 Å². The second-order valence-electron chi connectivity index (χ2n) is 8.23. The first-order valence-electron chi connectivity index (χ1n) is 10.6. The molecule has 3 aromatic carbocycles. The quantitative estimate of drug-likeness (QED) is 0.212. The van der Waals surface area contributed by atoms with Crippen molar-refractivity contribution in [2.45, 2.75) is 34.1 Å². The number of nitrogens with one attached hydrogen (secondary N) is 1. The van der Waals surface area contributed by atoms with Crippen LogP contribution >= 0.6 is 22.6 Å². The summed E-state index contributed by atoms with van der Waals surface area (Å²) in [6, 6.07) is 18.1. The number of aryl methyl sites for hydroxylation is 3. The third kappa shape index (κ3) is 6.02. The van der Waals surface area contributed by atoms with Gasteiger partial charge in [0.05, 0.1) is 7.11 Å². The zero-order valence-corrected chi connectivity index (χ0v) is 21.7. The van der Waals surface area contributed by atoms with Crippen molar-refractivity contribution in [3.8, 4) is 11.8 Å². The second kappa shape index (κ2) is 10.7. The van der Waals surface area contributed by atoms with E-state index in [4.69, 9.17) is 4.74 Å². The van der Waals surface area contributed by atoms with Crippen molar-refractivity contribution >= 4 is 40.3 Å². The molecule has 168 valence electrons. The number of rotatable bonds is 6. The molecule has 0 aliphatic rings. The third-order valence-corrected chi connectivity index (χ3v) is 6.55. The number of nitriles is 1. The number of hydrogen-bond acceptors (Lipinski definition) is 3. The summed E-state index contributed by atoms with van der Waals surface area (Å²) in [5, 5.41) is 12.5. The number of amides is 1. The molecule has 0 heterocycles. The van der Waals surface area contributed by atoms with Gasteiger partial charge in [0.2, 0.25) is 0 Å². The third-order valence-electron chi connectivity index (χ3n) is 5.59. The van der Waals surface area contributed by atoms with Gasteiger partial charge >= 0.3 is 0 Å².